The van der Waals surface area contributed by atoms with Crippen molar-refractivity contribution in [3.63, 3.8) is 0 Å². The van der Waals surface area contributed by atoms with E-state index in [1.807, 2.05) is 31.2 Å². The van der Waals surface area contributed by atoms with E-state index in [9.17, 15) is 4.79 Å². The summed E-state index contributed by atoms with van der Waals surface area (Å²) in [6.07, 6.45) is 0. The molecule has 0 aliphatic carbocycles. The van der Waals surface area contributed by atoms with Crippen molar-refractivity contribution in [1.82, 2.24) is 10.2 Å². The van der Waals surface area contributed by atoms with Crippen molar-refractivity contribution in [1.29, 1.82) is 0 Å². The number of hydrogen-bond acceptors (Lipinski definition) is 3. The van der Waals surface area contributed by atoms with E-state index in [0.717, 1.165) is 5.56 Å². The maximum Gasteiger partial charge on any atom is 0.317 e. The molecule has 0 fully saturated rings. The van der Waals surface area contributed by atoms with Crippen LogP contribution in [0.2, 0.25) is 0 Å². The molecule has 0 aliphatic heterocycles. The molecule has 0 bridgehead atoms. The summed E-state index contributed by atoms with van der Waals surface area (Å²) in [7, 11) is 3.25. The number of urea groups is 1. The third kappa shape index (κ3) is 6.04. The molecule has 2 amide bonds. The van der Waals surface area contributed by atoms with Gasteiger partial charge in [0.05, 0.1) is 13.2 Å². The van der Waals surface area contributed by atoms with Gasteiger partial charge in [0, 0.05) is 33.9 Å². The van der Waals surface area contributed by atoms with Crippen molar-refractivity contribution in [3.05, 3.63) is 35.4 Å². The molecule has 1 rings (SSSR count). The number of hydrogen-bond donors (Lipinski definition) is 1. The molecule has 5 nitrogen and oxygen atoms in total. The number of aryl methyl sites for hydroxylation is 1. The Balaban J connectivity index is 2.45. The van der Waals surface area contributed by atoms with Gasteiger partial charge in [0.1, 0.15) is 0 Å². The Hall–Kier alpha value is -1.59. The monoisotopic (exact) mass is 280 g/mol. The van der Waals surface area contributed by atoms with Gasteiger partial charge in [0.15, 0.2) is 0 Å². The Kier molecular flexibility index (Phi) is 7.69. The maximum absolute atomic E-state index is 12.1. The molecule has 0 spiro atoms. The molecule has 0 aromatic heterocycles. The van der Waals surface area contributed by atoms with Crippen molar-refractivity contribution in [2.45, 2.75) is 13.5 Å². The van der Waals surface area contributed by atoms with E-state index in [-0.39, 0.29) is 6.03 Å². The fourth-order valence-corrected chi connectivity index (χ4v) is 1.71. The van der Waals surface area contributed by atoms with Gasteiger partial charge in [-0.1, -0.05) is 29.8 Å². The van der Waals surface area contributed by atoms with E-state index in [1.54, 1.807) is 19.1 Å². The van der Waals surface area contributed by atoms with Crippen molar-refractivity contribution >= 4 is 6.03 Å². The first-order chi connectivity index (χ1) is 9.67. The van der Waals surface area contributed by atoms with Crippen LogP contribution >= 0.6 is 0 Å². The predicted molar refractivity (Wildman–Crippen MR) is 78.7 cm³/mol. The smallest absolute Gasteiger partial charge is 0.317 e. The highest BCUT2D eigenvalue weighted by Gasteiger charge is 2.12. The molecule has 0 aliphatic rings. The number of carbonyl (C=O) groups excluding carboxylic acids is 1. The Labute approximate surface area is 120 Å². The van der Waals surface area contributed by atoms with Gasteiger partial charge in [-0.25, -0.2) is 4.79 Å². The number of carbonyl (C=O) groups is 1. The third-order valence-electron chi connectivity index (χ3n) is 2.98. The van der Waals surface area contributed by atoms with E-state index in [2.05, 4.69) is 5.32 Å². The van der Waals surface area contributed by atoms with Gasteiger partial charge in [0.2, 0.25) is 0 Å². The first kappa shape index (κ1) is 16.5. The van der Waals surface area contributed by atoms with Crippen LogP contribution in [-0.2, 0) is 16.0 Å². The number of rotatable bonds is 8. The van der Waals surface area contributed by atoms with Crippen LogP contribution in [-0.4, -0.2) is 51.5 Å². The zero-order valence-electron chi connectivity index (χ0n) is 12.5. The number of nitrogens with zero attached hydrogens (tertiary/aromatic N) is 1. The average molecular weight is 280 g/mol. The van der Waals surface area contributed by atoms with Gasteiger partial charge in [-0.2, -0.15) is 0 Å². The van der Waals surface area contributed by atoms with E-state index >= 15 is 0 Å². The third-order valence-corrected chi connectivity index (χ3v) is 2.98. The predicted octanol–water partition coefficient (Wildman–Crippen LogP) is 1.80. The van der Waals surface area contributed by atoms with Gasteiger partial charge in [-0.05, 0) is 12.5 Å². The number of nitrogens with one attached hydrogen (secondary N) is 1. The fourth-order valence-electron chi connectivity index (χ4n) is 1.71. The molecule has 112 valence electrons. The zero-order chi connectivity index (χ0) is 14.8. The molecule has 0 radical (unpaired) electrons. The highest BCUT2D eigenvalue weighted by molar-refractivity contribution is 5.74. The standard InChI is InChI=1S/C15H24N2O3/c1-13-4-6-14(7-5-13)12-16-15(18)17(8-10-19-2)9-11-20-3/h4-7H,8-12H2,1-3H3,(H,16,18). The minimum absolute atomic E-state index is 0.0975. The molecular formula is C15H24N2O3. The molecule has 0 saturated carbocycles. The van der Waals surface area contributed by atoms with Gasteiger partial charge in [0.25, 0.3) is 0 Å². The van der Waals surface area contributed by atoms with Gasteiger partial charge < -0.3 is 19.7 Å². The molecule has 5 heteroatoms. The maximum atomic E-state index is 12.1. The summed E-state index contributed by atoms with van der Waals surface area (Å²) in [5, 5.41) is 2.91. The molecule has 1 aromatic rings. The van der Waals surface area contributed by atoms with E-state index < -0.39 is 0 Å². The second kappa shape index (κ2) is 9.34. The topological polar surface area (TPSA) is 50.8 Å². The van der Waals surface area contributed by atoms with Crippen LogP contribution in [0.1, 0.15) is 11.1 Å². The lowest BCUT2D eigenvalue weighted by atomic mass is 10.1. The molecule has 0 unspecified atom stereocenters. The Morgan fingerprint density at radius 2 is 1.65 bits per heavy atom. The summed E-state index contributed by atoms with van der Waals surface area (Å²) in [5.74, 6) is 0. The van der Waals surface area contributed by atoms with Crippen LogP contribution in [0, 0.1) is 6.92 Å². The molecular weight excluding hydrogens is 256 g/mol. The van der Waals surface area contributed by atoms with E-state index in [0.29, 0.717) is 32.8 Å². The number of amides is 2. The lowest BCUT2D eigenvalue weighted by Crippen LogP contribution is -2.43. The summed E-state index contributed by atoms with van der Waals surface area (Å²) in [6.45, 7) is 4.71. The second-order valence-corrected chi connectivity index (χ2v) is 4.62. The summed E-state index contributed by atoms with van der Waals surface area (Å²) in [6, 6.07) is 8.01. The first-order valence-corrected chi connectivity index (χ1v) is 6.73. The van der Waals surface area contributed by atoms with Crippen molar-refractivity contribution in [2.75, 3.05) is 40.5 Å². The molecule has 1 N–H and O–H groups in total. The summed E-state index contributed by atoms with van der Waals surface area (Å²) >= 11 is 0. The fraction of sp³-hybridized carbons (Fsp3) is 0.533. The van der Waals surface area contributed by atoms with Crippen molar-refractivity contribution < 1.29 is 14.3 Å². The van der Waals surface area contributed by atoms with Crippen LogP contribution < -0.4 is 5.32 Å². The first-order valence-electron chi connectivity index (χ1n) is 6.73. The second-order valence-electron chi connectivity index (χ2n) is 4.62. The minimum atomic E-state index is -0.0975. The lowest BCUT2D eigenvalue weighted by Gasteiger charge is -2.22. The largest absolute Gasteiger partial charge is 0.383 e. The summed E-state index contributed by atoms with van der Waals surface area (Å²) < 4.78 is 10.0. The number of benzene rings is 1. The number of ether oxygens (including phenoxy) is 2. The van der Waals surface area contributed by atoms with Crippen molar-refractivity contribution in [2.24, 2.45) is 0 Å². The van der Waals surface area contributed by atoms with Gasteiger partial charge >= 0.3 is 6.03 Å². The van der Waals surface area contributed by atoms with Crippen LogP contribution in [0.4, 0.5) is 4.79 Å². The normalized spacial score (nSPS) is 10.3. The lowest BCUT2D eigenvalue weighted by molar-refractivity contribution is 0.122. The van der Waals surface area contributed by atoms with Crippen molar-refractivity contribution in [3.8, 4) is 0 Å². The van der Waals surface area contributed by atoms with Gasteiger partial charge in [-0.3, -0.25) is 0 Å². The molecule has 0 saturated heterocycles. The summed E-state index contributed by atoms with van der Waals surface area (Å²) in [4.78, 5) is 13.8. The SMILES string of the molecule is COCCN(CCOC)C(=O)NCc1ccc(C)cc1. The zero-order valence-corrected chi connectivity index (χ0v) is 12.5. The van der Waals surface area contributed by atoms with Crippen LogP contribution in [0.25, 0.3) is 0 Å². The van der Waals surface area contributed by atoms with Gasteiger partial charge in [-0.15, -0.1) is 0 Å². The van der Waals surface area contributed by atoms with E-state index in [4.69, 9.17) is 9.47 Å². The minimum Gasteiger partial charge on any atom is -0.383 e. The average Bonchev–Trinajstić information content (AvgIpc) is 2.46. The quantitative estimate of drug-likeness (QED) is 0.790. The molecule has 0 heterocycles. The van der Waals surface area contributed by atoms with E-state index in [1.165, 1.54) is 5.56 Å². The Morgan fingerprint density at radius 1 is 1.10 bits per heavy atom. The Bertz CT molecular complexity index is 385. The Morgan fingerprint density at radius 3 is 2.15 bits per heavy atom. The van der Waals surface area contributed by atoms with Crippen LogP contribution in [0.15, 0.2) is 24.3 Å². The van der Waals surface area contributed by atoms with Crippen LogP contribution in [0.3, 0.4) is 0 Å². The highest BCUT2D eigenvalue weighted by Crippen LogP contribution is 2.03. The molecule has 0 atom stereocenters. The van der Waals surface area contributed by atoms with Crippen LogP contribution in [0.5, 0.6) is 0 Å². The number of methoxy groups -OCH3 is 2. The highest BCUT2D eigenvalue weighted by atomic mass is 16.5. The molecule has 20 heavy (non-hydrogen) atoms. The molecule has 1 aromatic carbocycles. The summed E-state index contributed by atoms with van der Waals surface area (Å²) in [5.41, 5.74) is 2.30.